The molecule has 0 saturated carbocycles. The van der Waals surface area contributed by atoms with Crippen LogP contribution < -0.4 is 4.74 Å². The van der Waals surface area contributed by atoms with Gasteiger partial charge in [-0.25, -0.2) is 4.79 Å². The summed E-state index contributed by atoms with van der Waals surface area (Å²) in [6.45, 7) is 0. The van der Waals surface area contributed by atoms with Gasteiger partial charge in [0.15, 0.2) is 0 Å². The molecule has 1 atom stereocenters. The molecule has 0 amide bonds. The van der Waals surface area contributed by atoms with Crippen LogP contribution in [0, 0.1) is 0 Å². The molecule has 0 N–H and O–H groups in total. The predicted octanol–water partition coefficient (Wildman–Crippen LogP) is 4.77. The van der Waals surface area contributed by atoms with Crippen molar-refractivity contribution in [1.82, 2.24) is 0 Å². The molecule has 4 rings (SSSR count). The average molecular weight is 343 g/mol. The van der Waals surface area contributed by atoms with Crippen LogP contribution in [0.3, 0.4) is 0 Å². The first-order valence-electron chi connectivity index (χ1n) is 8.45. The minimum absolute atomic E-state index is 0.166. The second-order valence-electron chi connectivity index (χ2n) is 6.00. The van der Waals surface area contributed by atoms with Crippen molar-refractivity contribution in [2.24, 2.45) is 5.16 Å². The van der Waals surface area contributed by atoms with Crippen LogP contribution in [0.2, 0.25) is 0 Å². The molecule has 1 heterocycles. The van der Waals surface area contributed by atoms with Crippen LogP contribution in [-0.4, -0.2) is 11.7 Å². The van der Waals surface area contributed by atoms with E-state index in [1.807, 2.05) is 60.7 Å². The first-order chi connectivity index (χ1) is 12.8. The van der Waals surface area contributed by atoms with Gasteiger partial charge in [0.25, 0.3) is 0 Å². The van der Waals surface area contributed by atoms with Crippen molar-refractivity contribution in [2.45, 2.75) is 12.5 Å². The fourth-order valence-corrected chi connectivity index (χ4v) is 2.95. The molecule has 0 aliphatic carbocycles. The van der Waals surface area contributed by atoms with Crippen LogP contribution in [0.25, 0.3) is 0 Å². The molecule has 0 spiro atoms. The zero-order valence-electron chi connectivity index (χ0n) is 14.0. The number of nitrogens with zero attached hydrogens (tertiary/aromatic N) is 1. The fourth-order valence-electron chi connectivity index (χ4n) is 2.95. The minimum atomic E-state index is -0.474. The molecule has 1 aliphatic heterocycles. The number of fused-ring (bicyclic) bond motifs is 1. The van der Waals surface area contributed by atoms with Gasteiger partial charge in [0.1, 0.15) is 11.9 Å². The molecule has 0 fully saturated rings. The maximum Gasteiger partial charge on any atom is 0.365 e. The van der Waals surface area contributed by atoms with Gasteiger partial charge in [-0.05, 0) is 29.8 Å². The molecular weight excluding hydrogens is 326 g/mol. The summed E-state index contributed by atoms with van der Waals surface area (Å²) in [6.07, 6.45) is 0.364. The number of hydrogen-bond donors (Lipinski definition) is 0. The molecule has 1 unspecified atom stereocenters. The molecule has 128 valence electrons. The number of carbonyl (C=O) groups excluding carboxylic acids is 1. The van der Waals surface area contributed by atoms with Gasteiger partial charge in [-0.3, -0.25) is 0 Å². The van der Waals surface area contributed by atoms with Gasteiger partial charge in [-0.15, -0.1) is 0 Å². The van der Waals surface area contributed by atoms with Gasteiger partial charge in [0.05, 0.1) is 11.3 Å². The van der Waals surface area contributed by atoms with E-state index in [1.54, 1.807) is 24.3 Å². The number of ether oxygens (including phenoxy) is 1. The Labute approximate surface area is 151 Å². The number of rotatable bonds is 3. The van der Waals surface area contributed by atoms with Gasteiger partial charge in [-0.2, -0.15) is 0 Å². The van der Waals surface area contributed by atoms with Gasteiger partial charge in [0, 0.05) is 12.0 Å². The van der Waals surface area contributed by atoms with E-state index in [0.717, 1.165) is 16.9 Å². The second-order valence-corrected chi connectivity index (χ2v) is 6.00. The Bertz CT molecular complexity index is 936. The van der Waals surface area contributed by atoms with Crippen LogP contribution in [0.15, 0.2) is 90.1 Å². The summed E-state index contributed by atoms with van der Waals surface area (Å²) in [5, 5.41) is 4.16. The van der Waals surface area contributed by atoms with Crippen LogP contribution >= 0.6 is 0 Å². The Morgan fingerprint density at radius 2 is 1.54 bits per heavy atom. The zero-order chi connectivity index (χ0) is 17.8. The summed E-state index contributed by atoms with van der Waals surface area (Å²) >= 11 is 0. The van der Waals surface area contributed by atoms with E-state index in [1.165, 1.54) is 0 Å². The quantitative estimate of drug-likeness (QED) is 0.508. The SMILES string of the molecule is O=C(O/N=C1\CC(c2ccccc2)Oc2ccccc21)c1ccccc1. The Kier molecular flexibility index (Phi) is 4.48. The van der Waals surface area contributed by atoms with Crippen molar-refractivity contribution < 1.29 is 14.4 Å². The Morgan fingerprint density at radius 1 is 0.885 bits per heavy atom. The number of oxime groups is 1. The molecule has 1 aliphatic rings. The van der Waals surface area contributed by atoms with E-state index in [4.69, 9.17) is 9.57 Å². The lowest BCUT2D eigenvalue weighted by atomic mass is 9.96. The highest BCUT2D eigenvalue weighted by Crippen LogP contribution is 2.35. The van der Waals surface area contributed by atoms with E-state index >= 15 is 0 Å². The van der Waals surface area contributed by atoms with E-state index in [2.05, 4.69) is 5.16 Å². The molecule has 3 aromatic rings. The summed E-state index contributed by atoms with van der Waals surface area (Å²) in [7, 11) is 0. The molecule has 0 saturated heterocycles. The highest BCUT2D eigenvalue weighted by Gasteiger charge is 2.26. The Balaban J connectivity index is 1.62. The summed E-state index contributed by atoms with van der Waals surface area (Å²) in [5.41, 5.74) is 3.08. The molecule has 4 heteroatoms. The first-order valence-corrected chi connectivity index (χ1v) is 8.45. The average Bonchev–Trinajstić information content (AvgIpc) is 2.73. The first kappa shape index (κ1) is 16.1. The molecule has 0 radical (unpaired) electrons. The van der Waals surface area contributed by atoms with Gasteiger partial charge in [0.2, 0.25) is 0 Å². The van der Waals surface area contributed by atoms with Gasteiger partial charge >= 0.3 is 5.97 Å². The topological polar surface area (TPSA) is 47.9 Å². The lowest BCUT2D eigenvalue weighted by Crippen LogP contribution is -2.21. The van der Waals surface area contributed by atoms with Crippen molar-refractivity contribution in [1.29, 1.82) is 0 Å². The van der Waals surface area contributed by atoms with E-state index in [0.29, 0.717) is 17.7 Å². The van der Waals surface area contributed by atoms with E-state index < -0.39 is 5.97 Å². The third-order valence-electron chi connectivity index (χ3n) is 4.27. The van der Waals surface area contributed by atoms with Crippen LogP contribution in [0.5, 0.6) is 5.75 Å². The monoisotopic (exact) mass is 343 g/mol. The van der Waals surface area contributed by atoms with Crippen molar-refractivity contribution in [2.75, 3.05) is 0 Å². The number of benzene rings is 3. The van der Waals surface area contributed by atoms with Crippen molar-refractivity contribution in [3.63, 3.8) is 0 Å². The normalized spacial score (nSPS) is 17.2. The highest BCUT2D eigenvalue weighted by molar-refractivity contribution is 6.04. The van der Waals surface area contributed by atoms with Gasteiger partial charge in [-0.1, -0.05) is 65.8 Å². The standard InChI is InChI=1S/C22H17NO3/c24-22(17-11-5-2-6-12-17)26-23-19-15-21(16-9-3-1-4-10-16)25-20-14-8-7-13-18(19)20/h1-14,21H,15H2/b23-19+. The maximum atomic E-state index is 12.2. The lowest BCUT2D eigenvalue weighted by molar-refractivity contribution is 0.0512. The largest absolute Gasteiger partial charge is 0.485 e. The molecule has 3 aromatic carbocycles. The Morgan fingerprint density at radius 3 is 2.31 bits per heavy atom. The molecule has 4 nitrogen and oxygen atoms in total. The minimum Gasteiger partial charge on any atom is -0.485 e. The summed E-state index contributed by atoms with van der Waals surface area (Å²) in [5.74, 6) is 0.264. The number of hydrogen-bond acceptors (Lipinski definition) is 4. The summed E-state index contributed by atoms with van der Waals surface area (Å²) in [4.78, 5) is 17.4. The lowest BCUT2D eigenvalue weighted by Gasteiger charge is -2.27. The zero-order valence-corrected chi connectivity index (χ0v) is 14.0. The van der Waals surface area contributed by atoms with Crippen LogP contribution in [0.4, 0.5) is 0 Å². The predicted molar refractivity (Wildman–Crippen MR) is 99.3 cm³/mol. The van der Waals surface area contributed by atoms with E-state index in [-0.39, 0.29) is 6.10 Å². The maximum absolute atomic E-state index is 12.2. The van der Waals surface area contributed by atoms with Crippen LogP contribution in [-0.2, 0) is 4.84 Å². The molecule has 26 heavy (non-hydrogen) atoms. The second kappa shape index (κ2) is 7.23. The summed E-state index contributed by atoms with van der Waals surface area (Å²) < 4.78 is 6.12. The smallest absolute Gasteiger partial charge is 0.365 e. The molecule has 0 bridgehead atoms. The number of para-hydroxylation sites is 1. The highest BCUT2D eigenvalue weighted by atomic mass is 16.7. The third kappa shape index (κ3) is 3.35. The fraction of sp³-hybridized carbons (Fsp3) is 0.0909. The summed E-state index contributed by atoms with van der Waals surface area (Å²) in [6, 6.07) is 26.5. The van der Waals surface area contributed by atoms with E-state index in [9.17, 15) is 4.79 Å². The third-order valence-corrected chi connectivity index (χ3v) is 4.27. The van der Waals surface area contributed by atoms with Crippen molar-refractivity contribution in [3.8, 4) is 5.75 Å². The van der Waals surface area contributed by atoms with Crippen LogP contribution in [0.1, 0.15) is 34.0 Å². The Hall–Kier alpha value is -3.40. The molecular formula is C22H17NO3. The van der Waals surface area contributed by atoms with Crippen molar-refractivity contribution >= 4 is 11.7 Å². The number of carbonyl (C=O) groups is 1. The van der Waals surface area contributed by atoms with Crippen molar-refractivity contribution in [3.05, 3.63) is 102 Å². The van der Waals surface area contributed by atoms with Gasteiger partial charge < -0.3 is 9.57 Å². The molecule has 0 aromatic heterocycles.